The van der Waals surface area contributed by atoms with Gasteiger partial charge in [-0.1, -0.05) is 91.7 Å². The molecule has 3 aromatic carbocycles. The van der Waals surface area contributed by atoms with Gasteiger partial charge in [-0.3, -0.25) is 0 Å². The van der Waals surface area contributed by atoms with E-state index in [1.54, 1.807) is 6.92 Å². The summed E-state index contributed by atoms with van der Waals surface area (Å²) in [6, 6.07) is 26.6. The number of carbonyl (C=O) groups excluding carboxylic acids is 1. The molecule has 4 nitrogen and oxygen atoms in total. The van der Waals surface area contributed by atoms with Crippen molar-refractivity contribution in [1.82, 2.24) is 4.72 Å². The Bertz CT molecular complexity index is 1110. The first-order chi connectivity index (χ1) is 16.5. The molecule has 0 saturated heterocycles. The number of aryl methyl sites for hydroxylation is 1. The first kappa shape index (κ1) is 25.6. The summed E-state index contributed by atoms with van der Waals surface area (Å²) in [5.74, 6) is -0.389. The number of hydrogen-bond donors (Lipinski definition) is 1. The van der Waals surface area contributed by atoms with E-state index in [0.29, 0.717) is 10.5 Å². The fraction of sp³-hybridized carbons (Fsp3) is 0.276. The molecule has 0 saturated carbocycles. The maximum atomic E-state index is 13.5. The monoisotopic (exact) mass is 475 g/mol. The van der Waals surface area contributed by atoms with Crippen LogP contribution in [0.15, 0.2) is 95.4 Å². The maximum absolute atomic E-state index is 13.5. The van der Waals surface area contributed by atoms with Crippen molar-refractivity contribution in [3.8, 4) is 0 Å². The Balaban J connectivity index is 2.18. The molecule has 3 aromatic rings. The van der Waals surface area contributed by atoms with Crippen LogP contribution < -0.4 is 4.72 Å². The molecule has 0 radical (unpaired) electrons. The number of rotatable bonds is 11. The molecular formula is C29H33NO3S. The predicted octanol–water partition coefficient (Wildman–Crippen LogP) is 6.56. The van der Waals surface area contributed by atoms with E-state index in [4.69, 9.17) is 4.74 Å². The normalized spacial score (nSPS) is 13.6. The second-order valence-electron chi connectivity index (χ2n) is 8.13. The third-order valence-electron chi connectivity index (χ3n) is 5.60. The minimum absolute atomic E-state index is 0.265. The van der Waals surface area contributed by atoms with Gasteiger partial charge in [0.1, 0.15) is 11.0 Å². The van der Waals surface area contributed by atoms with E-state index >= 15 is 0 Å². The van der Waals surface area contributed by atoms with E-state index in [9.17, 15) is 9.00 Å². The standard InChI is InChI=1S/C29H33NO3S/c1-4-6-17-26(23-13-9-7-10-14-23)27(29(31)33-5-2)28(24-15-11-8-12-16-24)30-34(32)25-20-18-22(3)19-21-25/h7-16,18-21,28,30H,4-6,17H2,1-3H3/b27-26-/t28-,34-/m0/s1. The Morgan fingerprint density at radius 3 is 2.12 bits per heavy atom. The Hall–Kier alpha value is -3.02. The lowest BCUT2D eigenvalue weighted by Crippen LogP contribution is -2.30. The van der Waals surface area contributed by atoms with E-state index in [-0.39, 0.29) is 12.6 Å². The average Bonchev–Trinajstić information content (AvgIpc) is 2.87. The van der Waals surface area contributed by atoms with Crippen molar-refractivity contribution < 1.29 is 13.7 Å². The molecule has 5 heteroatoms. The molecule has 0 bridgehead atoms. The molecule has 34 heavy (non-hydrogen) atoms. The van der Waals surface area contributed by atoms with Gasteiger partial charge in [-0.05, 0) is 55.5 Å². The lowest BCUT2D eigenvalue weighted by Gasteiger charge is -2.25. The molecule has 0 spiro atoms. The van der Waals surface area contributed by atoms with E-state index in [0.717, 1.165) is 41.5 Å². The van der Waals surface area contributed by atoms with Crippen LogP contribution in [-0.2, 0) is 20.5 Å². The molecule has 3 rings (SSSR count). The van der Waals surface area contributed by atoms with Gasteiger partial charge in [-0.25, -0.2) is 13.7 Å². The molecule has 0 fully saturated rings. The van der Waals surface area contributed by atoms with Crippen molar-refractivity contribution in [1.29, 1.82) is 0 Å². The third kappa shape index (κ3) is 6.75. The van der Waals surface area contributed by atoms with Gasteiger partial charge in [-0.2, -0.15) is 0 Å². The number of hydrogen-bond acceptors (Lipinski definition) is 3. The summed E-state index contributed by atoms with van der Waals surface area (Å²) in [4.78, 5) is 14.1. The molecular weight excluding hydrogens is 442 g/mol. The molecule has 0 aliphatic carbocycles. The van der Waals surface area contributed by atoms with Crippen LogP contribution in [0.2, 0.25) is 0 Å². The number of ether oxygens (including phenoxy) is 1. The van der Waals surface area contributed by atoms with Crippen LogP contribution in [0.5, 0.6) is 0 Å². The van der Waals surface area contributed by atoms with E-state index in [2.05, 4.69) is 11.6 Å². The lowest BCUT2D eigenvalue weighted by molar-refractivity contribution is -0.138. The van der Waals surface area contributed by atoms with Crippen LogP contribution in [0.25, 0.3) is 5.57 Å². The van der Waals surface area contributed by atoms with Crippen LogP contribution in [0.3, 0.4) is 0 Å². The number of unbranched alkanes of at least 4 members (excludes halogenated alkanes) is 1. The Morgan fingerprint density at radius 2 is 1.53 bits per heavy atom. The van der Waals surface area contributed by atoms with Gasteiger partial charge in [0.2, 0.25) is 0 Å². The summed E-state index contributed by atoms with van der Waals surface area (Å²) >= 11 is 0. The van der Waals surface area contributed by atoms with Gasteiger partial charge >= 0.3 is 5.97 Å². The summed E-state index contributed by atoms with van der Waals surface area (Å²) in [5.41, 5.74) is 4.36. The third-order valence-corrected chi connectivity index (χ3v) is 6.75. The Kier molecular flexibility index (Phi) is 9.80. The zero-order valence-corrected chi connectivity index (χ0v) is 20.9. The van der Waals surface area contributed by atoms with Crippen molar-refractivity contribution in [2.45, 2.75) is 51.0 Å². The summed E-state index contributed by atoms with van der Waals surface area (Å²) in [6.45, 7) is 6.19. The smallest absolute Gasteiger partial charge is 0.336 e. The van der Waals surface area contributed by atoms with Crippen molar-refractivity contribution >= 4 is 22.5 Å². The number of benzene rings is 3. The minimum Gasteiger partial charge on any atom is -0.463 e. The molecule has 0 aliphatic heterocycles. The fourth-order valence-electron chi connectivity index (χ4n) is 3.83. The lowest BCUT2D eigenvalue weighted by atomic mass is 9.88. The van der Waals surface area contributed by atoms with Crippen LogP contribution >= 0.6 is 0 Å². The fourth-order valence-corrected chi connectivity index (χ4v) is 4.81. The molecule has 0 aromatic heterocycles. The zero-order valence-electron chi connectivity index (χ0n) is 20.1. The quantitative estimate of drug-likeness (QED) is 0.252. The Labute approximate surface area is 205 Å². The van der Waals surface area contributed by atoms with Crippen LogP contribution in [0.4, 0.5) is 0 Å². The minimum atomic E-state index is -1.53. The van der Waals surface area contributed by atoms with Gasteiger partial charge in [-0.15, -0.1) is 0 Å². The Morgan fingerprint density at radius 1 is 0.912 bits per heavy atom. The molecule has 0 aliphatic rings. The summed E-state index contributed by atoms with van der Waals surface area (Å²) in [7, 11) is -1.53. The molecule has 2 atom stereocenters. The van der Waals surface area contributed by atoms with Gasteiger partial charge in [0.25, 0.3) is 0 Å². The van der Waals surface area contributed by atoms with Crippen LogP contribution in [-0.4, -0.2) is 16.8 Å². The SMILES string of the molecule is CCCC/C(=C(/C(=O)OCC)[C@@H](N[S@@](=O)c1ccc(C)cc1)c1ccccc1)c1ccccc1. The van der Waals surface area contributed by atoms with Gasteiger partial charge in [0.05, 0.1) is 23.1 Å². The largest absolute Gasteiger partial charge is 0.463 e. The highest BCUT2D eigenvalue weighted by Gasteiger charge is 2.29. The maximum Gasteiger partial charge on any atom is 0.336 e. The summed E-state index contributed by atoms with van der Waals surface area (Å²) in [5, 5.41) is 0. The second kappa shape index (κ2) is 13.0. The van der Waals surface area contributed by atoms with Crippen molar-refractivity contribution in [2.75, 3.05) is 6.61 Å². The summed E-state index contributed by atoms with van der Waals surface area (Å²) < 4.78 is 22.2. The number of carbonyl (C=O) groups is 1. The molecule has 0 heterocycles. The van der Waals surface area contributed by atoms with E-state index in [1.165, 1.54) is 0 Å². The molecule has 178 valence electrons. The second-order valence-corrected chi connectivity index (χ2v) is 9.37. The van der Waals surface area contributed by atoms with Crippen molar-refractivity contribution in [3.05, 3.63) is 107 Å². The molecule has 0 amide bonds. The van der Waals surface area contributed by atoms with E-state index in [1.807, 2.05) is 91.9 Å². The average molecular weight is 476 g/mol. The highest BCUT2D eigenvalue weighted by molar-refractivity contribution is 7.83. The molecule has 1 N–H and O–H groups in total. The number of allylic oxidation sites excluding steroid dienone is 1. The number of esters is 1. The van der Waals surface area contributed by atoms with Crippen molar-refractivity contribution in [3.63, 3.8) is 0 Å². The van der Waals surface area contributed by atoms with E-state index < -0.39 is 17.0 Å². The first-order valence-corrected chi connectivity index (χ1v) is 12.9. The van der Waals surface area contributed by atoms with Gasteiger partial charge in [0, 0.05) is 0 Å². The predicted molar refractivity (Wildman–Crippen MR) is 139 cm³/mol. The first-order valence-electron chi connectivity index (χ1n) is 11.8. The van der Waals surface area contributed by atoms with Crippen LogP contribution in [0.1, 0.15) is 55.8 Å². The molecule has 0 unspecified atom stereocenters. The highest BCUT2D eigenvalue weighted by atomic mass is 32.2. The topological polar surface area (TPSA) is 55.4 Å². The van der Waals surface area contributed by atoms with Gasteiger partial charge < -0.3 is 4.74 Å². The number of nitrogens with one attached hydrogen (secondary N) is 1. The zero-order chi connectivity index (χ0) is 24.3. The summed E-state index contributed by atoms with van der Waals surface area (Å²) in [6.07, 6.45) is 2.64. The van der Waals surface area contributed by atoms with Gasteiger partial charge in [0.15, 0.2) is 0 Å². The highest BCUT2D eigenvalue weighted by Crippen LogP contribution is 2.34. The van der Waals surface area contributed by atoms with Crippen LogP contribution in [0, 0.1) is 6.92 Å². The van der Waals surface area contributed by atoms with Crippen molar-refractivity contribution in [2.24, 2.45) is 0 Å².